The zero-order chi connectivity index (χ0) is 9.80. The van der Waals surface area contributed by atoms with E-state index in [1.807, 2.05) is 0 Å². The Hall–Kier alpha value is -0.800. The van der Waals surface area contributed by atoms with Gasteiger partial charge in [0.2, 0.25) is 5.88 Å². The van der Waals surface area contributed by atoms with Crippen LogP contribution in [0.25, 0.3) is 0 Å². The van der Waals surface area contributed by atoms with Gasteiger partial charge in [0.15, 0.2) is 0 Å². The molecular formula is C10H13ClN2O. The number of aromatic nitrogens is 1. The number of halogens is 1. The van der Waals surface area contributed by atoms with Crippen molar-refractivity contribution in [1.29, 1.82) is 0 Å². The zero-order valence-corrected chi connectivity index (χ0v) is 8.63. The summed E-state index contributed by atoms with van der Waals surface area (Å²) < 4.78 is 5.54. The van der Waals surface area contributed by atoms with Crippen LogP contribution in [0.2, 0.25) is 5.02 Å². The Morgan fingerprint density at radius 3 is 3.29 bits per heavy atom. The van der Waals surface area contributed by atoms with Gasteiger partial charge in [-0.2, -0.15) is 0 Å². The van der Waals surface area contributed by atoms with E-state index in [0.717, 1.165) is 13.1 Å². The number of nitrogens with one attached hydrogen (secondary N) is 1. The van der Waals surface area contributed by atoms with Gasteiger partial charge >= 0.3 is 0 Å². The molecule has 1 unspecified atom stereocenters. The average Bonchev–Trinajstić information content (AvgIpc) is 2.69. The lowest BCUT2D eigenvalue weighted by atomic mass is 10.1. The maximum atomic E-state index is 5.91. The fraction of sp³-hybridized carbons (Fsp3) is 0.500. The standard InChI is InChI=1S/C10H13ClN2O/c11-9-2-1-4-13-10(9)14-7-8-3-5-12-6-8/h1-2,4,8,12H,3,5-7H2. The molecule has 0 amide bonds. The Labute approximate surface area is 88.4 Å². The molecule has 0 radical (unpaired) electrons. The van der Waals surface area contributed by atoms with Crippen molar-refractivity contribution in [1.82, 2.24) is 10.3 Å². The topological polar surface area (TPSA) is 34.1 Å². The summed E-state index contributed by atoms with van der Waals surface area (Å²) in [5.41, 5.74) is 0. The minimum Gasteiger partial charge on any atom is -0.476 e. The number of hydrogen-bond acceptors (Lipinski definition) is 3. The summed E-state index contributed by atoms with van der Waals surface area (Å²) in [5, 5.41) is 3.87. The molecular weight excluding hydrogens is 200 g/mol. The van der Waals surface area contributed by atoms with Gasteiger partial charge < -0.3 is 10.1 Å². The summed E-state index contributed by atoms with van der Waals surface area (Å²) in [6, 6.07) is 3.59. The molecule has 3 nitrogen and oxygen atoms in total. The molecule has 1 aliphatic rings. The highest BCUT2D eigenvalue weighted by Crippen LogP contribution is 2.21. The lowest BCUT2D eigenvalue weighted by Gasteiger charge is -2.10. The molecule has 1 aromatic rings. The van der Waals surface area contributed by atoms with Crippen LogP contribution in [0.1, 0.15) is 6.42 Å². The highest BCUT2D eigenvalue weighted by atomic mass is 35.5. The Bertz CT molecular complexity index is 300. The van der Waals surface area contributed by atoms with Crippen molar-refractivity contribution in [2.75, 3.05) is 19.7 Å². The van der Waals surface area contributed by atoms with E-state index in [-0.39, 0.29) is 0 Å². The first-order valence-electron chi connectivity index (χ1n) is 4.80. The lowest BCUT2D eigenvalue weighted by molar-refractivity contribution is 0.251. The highest BCUT2D eigenvalue weighted by Gasteiger charge is 2.15. The van der Waals surface area contributed by atoms with Crippen molar-refractivity contribution in [3.8, 4) is 5.88 Å². The summed E-state index contributed by atoms with van der Waals surface area (Å²) in [4.78, 5) is 4.06. The molecule has 1 N–H and O–H groups in total. The Morgan fingerprint density at radius 1 is 1.64 bits per heavy atom. The maximum Gasteiger partial charge on any atom is 0.232 e. The summed E-state index contributed by atoms with van der Waals surface area (Å²) in [5.74, 6) is 1.13. The SMILES string of the molecule is Clc1cccnc1OCC1CCNC1. The van der Waals surface area contributed by atoms with Crippen molar-refractivity contribution in [2.24, 2.45) is 5.92 Å². The van der Waals surface area contributed by atoms with Gasteiger partial charge in [-0.25, -0.2) is 4.98 Å². The summed E-state index contributed by atoms with van der Waals surface area (Å²) >= 11 is 5.91. The predicted octanol–water partition coefficient (Wildman–Crippen LogP) is 1.72. The van der Waals surface area contributed by atoms with E-state index < -0.39 is 0 Å². The second-order valence-electron chi connectivity index (χ2n) is 3.46. The number of hydrogen-bond donors (Lipinski definition) is 1. The van der Waals surface area contributed by atoms with Crippen LogP contribution in [-0.4, -0.2) is 24.7 Å². The highest BCUT2D eigenvalue weighted by molar-refractivity contribution is 6.31. The summed E-state index contributed by atoms with van der Waals surface area (Å²) in [6.45, 7) is 2.82. The second kappa shape index (κ2) is 4.62. The molecule has 76 valence electrons. The number of nitrogens with zero attached hydrogens (tertiary/aromatic N) is 1. The first-order valence-corrected chi connectivity index (χ1v) is 5.18. The van der Waals surface area contributed by atoms with E-state index in [4.69, 9.17) is 16.3 Å². The molecule has 0 saturated carbocycles. The minimum absolute atomic E-state index is 0.543. The number of rotatable bonds is 3. The van der Waals surface area contributed by atoms with Crippen molar-refractivity contribution in [3.63, 3.8) is 0 Å². The van der Waals surface area contributed by atoms with Crippen molar-refractivity contribution in [2.45, 2.75) is 6.42 Å². The molecule has 0 aliphatic carbocycles. The van der Waals surface area contributed by atoms with Crippen molar-refractivity contribution >= 4 is 11.6 Å². The van der Waals surface area contributed by atoms with E-state index in [2.05, 4.69) is 10.3 Å². The fourth-order valence-electron chi connectivity index (χ4n) is 1.53. The van der Waals surface area contributed by atoms with Crippen LogP contribution >= 0.6 is 11.6 Å². The Morgan fingerprint density at radius 2 is 2.57 bits per heavy atom. The van der Waals surface area contributed by atoms with Gasteiger partial charge in [0, 0.05) is 18.7 Å². The van der Waals surface area contributed by atoms with Crippen LogP contribution in [0.3, 0.4) is 0 Å². The fourth-order valence-corrected chi connectivity index (χ4v) is 1.71. The molecule has 4 heteroatoms. The molecule has 1 atom stereocenters. The number of pyridine rings is 1. The molecule has 14 heavy (non-hydrogen) atoms. The molecule has 2 heterocycles. The van der Waals surface area contributed by atoms with Crippen LogP contribution in [0.4, 0.5) is 0 Å². The van der Waals surface area contributed by atoms with E-state index in [1.165, 1.54) is 6.42 Å². The Balaban J connectivity index is 1.88. The van der Waals surface area contributed by atoms with Gasteiger partial charge in [-0.3, -0.25) is 0 Å². The molecule has 0 spiro atoms. The Kier molecular flexibility index (Phi) is 3.22. The zero-order valence-electron chi connectivity index (χ0n) is 7.87. The minimum atomic E-state index is 0.543. The molecule has 1 aromatic heterocycles. The summed E-state index contributed by atoms with van der Waals surface area (Å²) in [6.07, 6.45) is 2.86. The van der Waals surface area contributed by atoms with E-state index in [1.54, 1.807) is 18.3 Å². The van der Waals surface area contributed by atoms with Gasteiger partial charge in [0.25, 0.3) is 0 Å². The van der Waals surface area contributed by atoms with Gasteiger partial charge in [0.1, 0.15) is 5.02 Å². The summed E-state index contributed by atoms with van der Waals surface area (Å²) in [7, 11) is 0. The average molecular weight is 213 g/mol. The first-order chi connectivity index (χ1) is 6.86. The molecule has 0 aromatic carbocycles. The largest absolute Gasteiger partial charge is 0.476 e. The van der Waals surface area contributed by atoms with E-state index >= 15 is 0 Å². The lowest BCUT2D eigenvalue weighted by Crippen LogP contribution is -2.15. The van der Waals surface area contributed by atoms with Gasteiger partial charge in [0.05, 0.1) is 6.61 Å². The smallest absolute Gasteiger partial charge is 0.232 e. The quantitative estimate of drug-likeness (QED) is 0.829. The monoisotopic (exact) mass is 212 g/mol. The van der Waals surface area contributed by atoms with E-state index in [9.17, 15) is 0 Å². The molecule has 1 fully saturated rings. The van der Waals surface area contributed by atoms with E-state index in [0.29, 0.717) is 23.4 Å². The van der Waals surface area contributed by atoms with Crippen LogP contribution in [0, 0.1) is 5.92 Å². The van der Waals surface area contributed by atoms with Crippen LogP contribution in [0.5, 0.6) is 5.88 Å². The third-order valence-corrected chi connectivity index (χ3v) is 2.63. The molecule has 2 rings (SSSR count). The third kappa shape index (κ3) is 2.36. The van der Waals surface area contributed by atoms with Crippen LogP contribution in [-0.2, 0) is 0 Å². The van der Waals surface area contributed by atoms with Gasteiger partial charge in [-0.05, 0) is 25.1 Å². The normalized spacial score (nSPS) is 21.1. The first kappa shape index (κ1) is 9.74. The van der Waals surface area contributed by atoms with Crippen LogP contribution < -0.4 is 10.1 Å². The molecule has 1 saturated heterocycles. The van der Waals surface area contributed by atoms with Gasteiger partial charge in [-0.1, -0.05) is 11.6 Å². The second-order valence-corrected chi connectivity index (χ2v) is 3.87. The van der Waals surface area contributed by atoms with Crippen molar-refractivity contribution < 1.29 is 4.74 Å². The predicted molar refractivity (Wildman–Crippen MR) is 55.7 cm³/mol. The molecule has 1 aliphatic heterocycles. The van der Waals surface area contributed by atoms with Crippen molar-refractivity contribution in [3.05, 3.63) is 23.4 Å². The molecule has 0 bridgehead atoms. The van der Waals surface area contributed by atoms with Gasteiger partial charge in [-0.15, -0.1) is 0 Å². The third-order valence-electron chi connectivity index (χ3n) is 2.34. The van der Waals surface area contributed by atoms with Crippen LogP contribution in [0.15, 0.2) is 18.3 Å². The maximum absolute atomic E-state index is 5.91. The number of ether oxygens (including phenoxy) is 1.